The average molecular weight is 331 g/mol. The Morgan fingerprint density at radius 1 is 1.43 bits per heavy atom. The summed E-state index contributed by atoms with van der Waals surface area (Å²) in [6.07, 6.45) is 2.02. The van der Waals surface area contributed by atoms with Crippen molar-refractivity contribution in [3.8, 4) is 5.75 Å². The molecule has 1 amide bonds. The van der Waals surface area contributed by atoms with Crippen LogP contribution in [0.15, 0.2) is 12.1 Å². The second kappa shape index (κ2) is 6.86. The Hall–Kier alpha value is -0.970. The Labute approximate surface area is 135 Å². The molecule has 0 unspecified atom stereocenters. The molecule has 0 bridgehead atoms. The van der Waals surface area contributed by atoms with E-state index in [1.165, 1.54) is 7.11 Å². The minimum atomic E-state index is -0.0873. The standard InChI is InChI=1S/C15H20Cl2N2O2/c1-9(18)10-4-3-5-19(8-10)15(20)11-6-12(16)13(17)7-14(11)21-2/h6-7,9-10H,3-5,8,18H2,1-2H3/t9-,10+/m0/s1. The Morgan fingerprint density at radius 2 is 2.10 bits per heavy atom. The molecular weight excluding hydrogens is 311 g/mol. The topological polar surface area (TPSA) is 55.6 Å². The number of carbonyl (C=O) groups is 1. The van der Waals surface area contributed by atoms with Gasteiger partial charge in [-0.3, -0.25) is 4.79 Å². The molecule has 2 N–H and O–H groups in total. The van der Waals surface area contributed by atoms with Gasteiger partial charge in [-0.05, 0) is 31.7 Å². The van der Waals surface area contributed by atoms with Crippen LogP contribution in [-0.4, -0.2) is 37.0 Å². The summed E-state index contributed by atoms with van der Waals surface area (Å²) in [5.74, 6) is 0.685. The number of nitrogens with two attached hydrogens (primary N) is 1. The van der Waals surface area contributed by atoms with Crippen LogP contribution in [0, 0.1) is 5.92 Å². The average Bonchev–Trinajstić information content (AvgIpc) is 2.48. The summed E-state index contributed by atoms with van der Waals surface area (Å²) in [5.41, 5.74) is 6.41. The van der Waals surface area contributed by atoms with Gasteiger partial charge in [-0.25, -0.2) is 0 Å². The van der Waals surface area contributed by atoms with Crippen molar-refractivity contribution in [2.75, 3.05) is 20.2 Å². The van der Waals surface area contributed by atoms with Gasteiger partial charge in [0.15, 0.2) is 0 Å². The molecule has 1 heterocycles. The zero-order valence-corrected chi connectivity index (χ0v) is 13.7. The number of hydrogen-bond acceptors (Lipinski definition) is 3. The molecule has 1 saturated heterocycles. The molecule has 0 saturated carbocycles. The van der Waals surface area contributed by atoms with Crippen LogP contribution in [0.1, 0.15) is 30.1 Å². The lowest BCUT2D eigenvalue weighted by Gasteiger charge is -2.35. The second-order valence-electron chi connectivity index (χ2n) is 5.48. The minimum absolute atomic E-state index is 0.0799. The fourth-order valence-electron chi connectivity index (χ4n) is 2.66. The van der Waals surface area contributed by atoms with Gasteiger partial charge in [0.1, 0.15) is 5.75 Å². The van der Waals surface area contributed by atoms with Crippen molar-refractivity contribution in [2.45, 2.75) is 25.8 Å². The number of hydrogen-bond donors (Lipinski definition) is 1. The predicted octanol–water partition coefficient (Wildman–Crippen LogP) is 3.20. The van der Waals surface area contributed by atoms with E-state index in [9.17, 15) is 4.79 Å². The van der Waals surface area contributed by atoms with E-state index in [-0.39, 0.29) is 11.9 Å². The number of methoxy groups -OCH3 is 1. The quantitative estimate of drug-likeness (QED) is 0.925. The van der Waals surface area contributed by atoms with E-state index >= 15 is 0 Å². The maximum absolute atomic E-state index is 12.7. The van der Waals surface area contributed by atoms with Crippen LogP contribution in [0.2, 0.25) is 10.0 Å². The molecule has 1 fully saturated rings. The molecule has 1 aliphatic rings. The molecule has 0 spiro atoms. The summed E-state index contributed by atoms with van der Waals surface area (Å²) in [6.45, 7) is 3.38. The van der Waals surface area contributed by atoms with Gasteiger partial charge in [-0.2, -0.15) is 0 Å². The lowest BCUT2D eigenvalue weighted by atomic mass is 9.92. The third-order valence-electron chi connectivity index (χ3n) is 3.96. The lowest BCUT2D eigenvalue weighted by Crippen LogP contribution is -2.45. The monoisotopic (exact) mass is 330 g/mol. The first-order valence-electron chi connectivity index (χ1n) is 7.02. The van der Waals surface area contributed by atoms with Gasteiger partial charge in [0.05, 0.1) is 22.7 Å². The number of nitrogens with zero attached hydrogens (tertiary/aromatic N) is 1. The van der Waals surface area contributed by atoms with Crippen molar-refractivity contribution in [3.63, 3.8) is 0 Å². The van der Waals surface area contributed by atoms with E-state index in [0.717, 1.165) is 19.4 Å². The molecule has 6 heteroatoms. The highest BCUT2D eigenvalue weighted by Gasteiger charge is 2.28. The van der Waals surface area contributed by atoms with E-state index < -0.39 is 0 Å². The second-order valence-corrected chi connectivity index (χ2v) is 6.29. The van der Waals surface area contributed by atoms with E-state index in [0.29, 0.717) is 33.8 Å². The summed E-state index contributed by atoms with van der Waals surface area (Å²) in [4.78, 5) is 14.5. The molecule has 1 aliphatic heterocycles. The zero-order chi connectivity index (χ0) is 15.6. The van der Waals surface area contributed by atoms with Gasteiger partial charge < -0.3 is 15.4 Å². The molecule has 2 atom stereocenters. The highest BCUT2D eigenvalue weighted by Crippen LogP contribution is 2.32. The van der Waals surface area contributed by atoms with Crippen LogP contribution < -0.4 is 10.5 Å². The van der Waals surface area contributed by atoms with Crippen molar-refractivity contribution in [1.82, 2.24) is 4.90 Å². The fourth-order valence-corrected chi connectivity index (χ4v) is 2.98. The molecule has 0 aromatic heterocycles. The summed E-state index contributed by atoms with van der Waals surface area (Å²) >= 11 is 12.0. The van der Waals surface area contributed by atoms with E-state index in [4.69, 9.17) is 33.7 Å². The minimum Gasteiger partial charge on any atom is -0.496 e. The van der Waals surface area contributed by atoms with Crippen LogP contribution in [0.25, 0.3) is 0 Å². The molecule has 0 aliphatic carbocycles. The van der Waals surface area contributed by atoms with E-state index in [1.807, 2.05) is 11.8 Å². The summed E-state index contributed by atoms with van der Waals surface area (Å²) < 4.78 is 5.25. The Morgan fingerprint density at radius 3 is 2.71 bits per heavy atom. The van der Waals surface area contributed by atoms with Crippen molar-refractivity contribution < 1.29 is 9.53 Å². The van der Waals surface area contributed by atoms with Crippen molar-refractivity contribution in [2.24, 2.45) is 11.7 Å². The predicted molar refractivity (Wildman–Crippen MR) is 85.3 cm³/mol. The first-order valence-corrected chi connectivity index (χ1v) is 7.77. The first-order chi connectivity index (χ1) is 9.93. The SMILES string of the molecule is COc1cc(Cl)c(Cl)cc1C(=O)N1CCC[C@@H]([C@H](C)N)C1. The highest BCUT2D eigenvalue weighted by atomic mass is 35.5. The first kappa shape index (κ1) is 16.4. The van der Waals surface area contributed by atoms with Crippen LogP contribution >= 0.6 is 23.2 Å². The largest absolute Gasteiger partial charge is 0.496 e. The fraction of sp³-hybridized carbons (Fsp3) is 0.533. The number of ether oxygens (including phenoxy) is 1. The maximum Gasteiger partial charge on any atom is 0.257 e. The Bertz CT molecular complexity index is 535. The Kier molecular flexibility index (Phi) is 5.36. The lowest BCUT2D eigenvalue weighted by molar-refractivity contribution is 0.0657. The number of likely N-dealkylation sites (tertiary alicyclic amines) is 1. The summed E-state index contributed by atoms with van der Waals surface area (Å²) in [6, 6.07) is 3.22. The third-order valence-corrected chi connectivity index (χ3v) is 4.68. The van der Waals surface area contributed by atoms with Gasteiger partial charge >= 0.3 is 0 Å². The highest BCUT2D eigenvalue weighted by molar-refractivity contribution is 6.42. The molecular formula is C15H20Cl2N2O2. The van der Waals surface area contributed by atoms with Crippen molar-refractivity contribution in [3.05, 3.63) is 27.7 Å². The zero-order valence-electron chi connectivity index (χ0n) is 12.2. The van der Waals surface area contributed by atoms with Gasteiger partial charge in [-0.15, -0.1) is 0 Å². The van der Waals surface area contributed by atoms with Crippen molar-refractivity contribution >= 4 is 29.1 Å². The Balaban J connectivity index is 2.25. The van der Waals surface area contributed by atoms with Crippen LogP contribution in [-0.2, 0) is 0 Å². The molecule has 1 aromatic carbocycles. The van der Waals surface area contributed by atoms with Gasteiger partial charge in [0.25, 0.3) is 5.91 Å². The van der Waals surface area contributed by atoms with E-state index in [2.05, 4.69) is 0 Å². The number of benzene rings is 1. The number of piperidine rings is 1. The normalized spacial score (nSPS) is 20.2. The molecule has 2 rings (SSSR count). The van der Waals surface area contributed by atoms with E-state index in [1.54, 1.807) is 12.1 Å². The molecule has 116 valence electrons. The van der Waals surface area contributed by atoms with Gasteiger partial charge in [0, 0.05) is 25.2 Å². The molecule has 21 heavy (non-hydrogen) atoms. The number of rotatable bonds is 3. The van der Waals surface area contributed by atoms with Gasteiger partial charge in [0.2, 0.25) is 0 Å². The third kappa shape index (κ3) is 3.62. The number of carbonyl (C=O) groups excluding carboxylic acids is 1. The van der Waals surface area contributed by atoms with Crippen LogP contribution in [0.3, 0.4) is 0 Å². The van der Waals surface area contributed by atoms with Crippen molar-refractivity contribution in [1.29, 1.82) is 0 Å². The number of halogens is 2. The van der Waals surface area contributed by atoms with Crippen LogP contribution in [0.5, 0.6) is 5.75 Å². The molecule has 1 aromatic rings. The summed E-state index contributed by atoms with van der Waals surface area (Å²) in [7, 11) is 1.51. The molecule has 4 nitrogen and oxygen atoms in total. The smallest absolute Gasteiger partial charge is 0.257 e. The van der Waals surface area contributed by atoms with Crippen LogP contribution in [0.4, 0.5) is 0 Å². The number of amides is 1. The summed E-state index contributed by atoms with van der Waals surface area (Å²) in [5, 5.41) is 0.721. The van der Waals surface area contributed by atoms with Gasteiger partial charge in [-0.1, -0.05) is 23.2 Å². The maximum atomic E-state index is 12.7. The molecule has 0 radical (unpaired) electrons.